The van der Waals surface area contributed by atoms with Gasteiger partial charge in [0.2, 0.25) is 0 Å². The third-order valence-electron chi connectivity index (χ3n) is 2.93. The van der Waals surface area contributed by atoms with Gasteiger partial charge in [-0.05, 0) is 12.1 Å². The molecular formula is C15H19NO6. The fourth-order valence-electron chi connectivity index (χ4n) is 1.77. The molecule has 0 aromatic heterocycles. The van der Waals surface area contributed by atoms with Crippen molar-refractivity contribution in [3.8, 4) is 0 Å². The number of nitrogens with zero attached hydrogens (tertiary/aromatic N) is 1. The Morgan fingerprint density at radius 1 is 0.909 bits per heavy atom. The molecule has 0 radical (unpaired) electrons. The Morgan fingerprint density at radius 3 is 1.95 bits per heavy atom. The molecule has 0 aliphatic carbocycles. The molecule has 0 unspecified atom stereocenters. The summed E-state index contributed by atoms with van der Waals surface area (Å²) in [7, 11) is 0. The molecular weight excluding hydrogens is 290 g/mol. The van der Waals surface area contributed by atoms with Crippen molar-refractivity contribution in [2.24, 2.45) is 0 Å². The lowest BCUT2D eigenvalue weighted by atomic mass is 10.2. The molecule has 0 fully saturated rings. The summed E-state index contributed by atoms with van der Waals surface area (Å²) in [4.78, 5) is 34.5. The SMILES string of the molecule is O=C(O)CCN(CCOC(=O)c1ccccc1)CCC(=O)O. The highest BCUT2D eigenvalue weighted by atomic mass is 16.5. The highest BCUT2D eigenvalue weighted by Crippen LogP contribution is 2.02. The van der Waals surface area contributed by atoms with E-state index < -0.39 is 17.9 Å². The van der Waals surface area contributed by atoms with E-state index in [4.69, 9.17) is 14.9 Å². The molecule has 0 saturated heterocycles. The Hall–Kier alpha value is -2.41. The molecule has 7 heteroatoms. The first-order valence-electron chi connectivity index (χ1n) is 6.87. The predicted octanol–water partition coefficient (Wildman–Crippen LogP) is 1.09. The van der Waals surface area contributed by atoms with E-state index in [0.717, 1.165) is 0 Å². The first-order chi connectivity index (χ1) is 10.5. The Bertz CT molecular complexity index is 484. The van der Waals surface area contributed by atoms with Gasteiger partial charge in [0, 0.05) is 19.6 Å². The second-order valence-corrected chi connectivity index (χ2v) is 4.63. The number of carbonyl (C=O) groups is 3. The number of carboxylic acids is 2. The molecule has 1 aromatic carbocycles. The molecule has 120 valence electrons. The van der Waals surface area contributed by atoms with E-state index in [1.165, 1.54) is 0 Å². The number of benzene rings is 1. The summed E-state index contributed by atoms with van der Waals surface area (Å²) in [6.07, 6.45) is -0.182. The number of carbonyl (C=O) groups excluding carboxylic acids is 1. The second kappa shape index (κ2) is 9.51. The molecule has 0 spiro atoms. The minimum Gasteiger partial charge on any atom is -0.481 e. The van der Waals surface area contributed by atoms with Crippen LogP contribution in [0.5, 0.6) is 0 Å². The smallest absolute Gasteiger partial charge is 0.338 e. The number of esters is 1. The maximum absolute atomic E-state index is 11.7. The largest absolute Gasteiger partial charge is 0.481 e. The van der Waals surface area contributed by atoms with Gasteiger partial charge < -0.3 is 14.9 Å². The molecule has 0 amide bonds. The van der Waals surface area contributed by atoms with E-state index in [1.54, 1.807) is 35.2 Å². The van der Waals surface area contributed by atoms with Crippen LogP contribution in [0.2, 0.25) is 0 Å². The van der Waals surface area contributed by atoms with Gasteiger partial charge in [0.05, 0.1) is 18.4 Å². The van der Waals surface area contributed by atoms with Gasteiger partial charge in [-0.2, -0.15) is 0 Å². The van der Waals surface area contributed by atoms with Crippen molar-refractivity contribution in [1.82, 2.24) is 4.90 Å². The van der Waals surface area contributed by atoms with E-state index in [-0.39, 0.29) is 32.5 Å². The van der Waals surface area contributed by atoms with Crippen molar-refractivity contribution >= 4 is 17.9 Å². The lowest BCUT2D eigenvalue weighted by Crippen LogP contribution is -2.32. The summed E-state index contributed by atoms with van der Waals surface area (Å²) < 4.78 is 5.10. The second-order valence-electron chi connectivity index (χ2n) is 4.63. The van der Waals surface area contributed by atoms with Gasteiger partial charge in [-0.1, -0.05) is 18.2 Å². The molecule has 0 atom stereocenters. The number of ether oxygens (including phenoxy) is 1. The zero-order valence-electron chi connectivity index (χ0n) is 12.1. The van der Waals surface area contributed by atoms with Crippen LogP contribution in [-0.4, -0.2) is 59.3 Å². The van der Waals surface area contributed by atoms with Crippen molar-refractivity contribution in [3.63, 3.8) is 0 Å². The van der Waals surface area contributed by atoms with Gasteiger partial charge in [0.25, 0.3) is 0 Å². The van der Waals surface area contributed by atoms with Crippen molar-refractivity contribution in [2.45, 2.75) is 12.8 Å². The Labute approximate surface area is 128 Å². The van der Waals surface area contributed by atoms with Crippen LogP contribution in [0.15, 0.2) is 30.3 Å². The summed E-state index contributed by atoms with van der Waals surface area (Å²) in [6, 6.07) is 8.51. The summed E-state index contributed by atoms with van der Waals surface area (Å²) in [5, 5.41) is 17.3. The third-order valence-corrected chi connectivity index (χ3v) is 2.93. The highest BCUT2D eigenvalue weighted by Gasteiger charge is 2.11. The standard InChI is InChI=1S/C15H19NO6/c17-13(18)6-8-16(9-7-14(19)20)10-11-22-15(21)12-4-2-1-3-5-12/h1-5H,6-11H2,(H,17,18)(H,19,20). The first-order valence-corrected chi connectivity index (χ1v) is 6.87. The molecule has 0 heterocycles. The summed E-state index contributed by atoms with van der Waals surface area (Å²) in [5.74, 6) is -2.37. The summed E-state index contributed by atoms with van der Waals surface area (Å²) in [6.45, 7) is 0.795. The fourth-order valence-corrected chi connectivity index (χ4v) is 1.77. The normalized spacial score (nSPS) is 10.4. The number of hydrogen-bond donors (Lipinski definition) is 2. The minimum atomic E-state index is -0.957. The van der Waals surface area contributed by atoms with Gasteiger partial charge in [0.1, 0.15) is 6.61 Å². The Kier molecular flexibility index (Phi) is 7.63. The van der Waals surface area contributed by atoms with Crippen molar-refractivity contribution < 1.29 is 29.3 Å². The summed E-state index contributed by atoms with van der Waals surface area (Å²) >= 11 is 0. The van der Waals surface area contributed by atoms with Gasteiger partial charge in [-0.15, -0.1) is 0 Å². The lowest BCUT2D eigenvalue weighted by Gasteiger charge is -2.20. The maximum atomic E-state index is 11.7. The zero-order chi connectivity index (χ0) is 16.4. The molecule has 0 aliphatic rings. The van der Waals surface area contributed by atoms with E-state index in [1.807, 2.05) is 0 Å². The van der Waals surface area contributed by atoms with Crippen molar-refractivity contribution in [2.75, 3.05) is 26.2 Å². The van der Waals surface area contributed by atoms with Crippen LogP contribution in [0.3, 0.4) is 0 Å². The van der Waals surface area contributed by atoms with Crippen LogP contribution in [0, 0.1) is 0 Å². The molecule has 1 rings (SSSR count). The zero-order valence-corrected chi connectivity index (χ0v) is 12.1. The van der Waals surface area contributed by atoms with Gasteiger partial charge in [-0.3, -0.25) is 14.5 Å². The van der Waals surface area contributed by atoms with Crippen LogP contribution < -0.4 is 0 Å². The number of aliphatic carboxylic acids is 2. The van der Waals surface area contributed by atoms with Crippen LogP contribution >= 0.6 is 0 Å². The van der Waals surface area contributed by atoms with Crippen LogP contribution in [-0.2, 0) is 14.3 Å². The van der Waals surface area contributed by atoms with Crippen molar-refractivity contribution in [3.05, 3.63) is 35.9 Å². The van der Waals surface area contributed by atoms with E-state index >= 15 is 0 Å². The van der Waals surface area contributed by atoms with Crippen molar-refractivity contribution in [1.29, 1.82) is 0 Å². The molecule has 0 bridgehead atoms. The van der Waals surface area contributed by atoms with Gasteiger partial charge in [-0.25, -0.2) is 4.79 Å². The van der Waals surface area contributed by atoms with Crippen LogP contribution in [0.25, 0.3) is 0 Å². The Balaban J connectivity index is 2.39. The van der Waals surface area contributed by atoms with Gasteiger partial charge in [0.15, 0.2) is 0 Å². The highest BCUT2D eigenvalue weighted by molar-refractivity contribution is 5.89. The average molecular weight is 309 g/mol. The molecule has 2 N–H and O–H groups in total. The topological polar surface area (TPSA) is 104 Å². The molecule has 1 aromatic rings. The molecule has 7 nitrogen and oxygen atoms in total. The van der Waals surface area contributed by atoms with Gasteiger partial charge >= 0.3 is 17.9 Å². The monoisotopic (exact) mass is 309 g/mol. The number of hydrogen-bond acceptors (Lipinski definition) is 5. The average Bonchev–Trinajstić information content (AvgIpc) is 2.49. The number of rotatable bonds is 10. The first kappa shape index (κ1) is 17.6. The number of carboxylic acid groups (broad SMARTS) is 2. The Morgan fingerprint density at radius 2 is 1.45 bits per heavy atom. The molecule has 0 aliphatic heterocycles. The quantitative estimate of drug-likeness (QED) is 0.623. The predicted molar refractivity (Wildman–Crippen MR) is 77.7 cm³/mol. The third kappa shape index (κ3) is 7.39. The van der Waals surface area contributed by atoms with E-state index in [9.17, 15) is 14.4 Å². The fraction of sp³-hybridized carbons (Fsp3) is 0.400. The maximum Gasteiger partial charge on any atom is 0.338 e. The summed E-state index contributed by atoms with van der Waals surface area (Å²) in [5.41, 5.74) is 0.435. The van der Waals surface area contributed by atoms with E-state index in [2.05, 4.69) is 0 Å². The van der Waals surface area contributed by atoms with Crippen LogP contribution in [0.1, 0.15) is 23.2 Å². The molecule has 22 heavy (non-hydrogen) atoms. The lowest BCUT2D eigenvalue weighted by molar-refractivity contribution is -0.137. The van der Waals surface area contributed by atoms with Crippen LogP contribution in [0.4, 0.5) is 0 Å². The van der Waals surface area contributed by atoms with E-state index in [0.29, 0.717) is 12.1 Å². The minimum absolute atomic E-state index is 0.0764. The molecule has 0 saturated carbocycles.